The third kappa shape index (κ3) is 3.32. The van der Waals surface area contributed by atoms with Crippen molar-refractivity contribution < 1.29 is 0 Å². The predicted octanol–water partition coefficient (Wildman–Crippen LogP) is 1.51. The van der Waals surface area contributed by atoms with Crippen LogP contribution >= 0.6 is 12.2 Å². The van der Waals surface area contributed by atoms with Crippen molar-refractivity contribution in [3.63, 3.8) is 0 Å². The number of para-hydroxylation sites is 1. The lowest BCUT2D eigenvalue weighted by atomic mass is 10.2. The van der Waals surface area contributed by atoms with Crippen LogP contribution in [0.3, 0.4) is 0 Å². The van der Waals surface area contributed by atoms with Crippen LogP contribution in [0.4, 0.5) is 5.69 Å². The van der Waals surface area contributed by atoms with Gasteiger partial charge in [-0.05, 0) is 18.3 Å². The van der Waals surface area contributed by atoms with E-state index in [1.165, 1.54) is 6.07 Å². The molecule has 5 nitrogen and oxygen atoms in total. The topological polar surface area (TPSA) is 68.9 Å². The first-order chi connectivity index (χ1) is 9.20. The third-order valence-corrected chi connectivity index (χ3v) is 2.71. The molecule has 0 saturated heterocycles. The molecule has 6 heteroatoms. The maximum Gasteiger partial charge on any atom is 0.250 e. The highest BCUT2D eigenvalue weighted by molar-refractivity contribution is 7.80. The van der Waals surface area contributed by atoms with Gasteiger partial charge in [0.2, 0.25) is 0 Å². The fourth-order valence-electron chi connectivity index (χ4n) is 1.64. The standard InChI is InChI=1S/C13H14N4OS/c1-2-7-14-13(19)17-16-11-8-12(18)15-10-6-4-3-5-9(10)11/h2-6,8H,1,7H2,(H2,14,17,19)(H2,15,16,18). The molecule has 0 aliphatic rings. The average Bonchev–Trinajstić information content (AvgIpc) is 2.42. The number of hydrazine groups is 1. The summed E-state index contributed by atoms with van der Waals surface area (Å²) in [6, 6.07) is 9.00. The van der Waals surface area contributed by atoms with Gasteiger partial charge in [-0.2, -0.15) is 0 Å². The quantitative estimate of drug-likeness (QED) is 0.386. The Kier molecular flexibility index (Phi) is 4.15. The smallest absolute Gasteiger partial charge is 0.250 e. The van der Waals surface area contributed by atoms with Crippen LogP contribution in [-0.2, 0) is 0 Å². The zero-order valence-electron chi connectivity index (χ0n) is 10.2. The monoisotopic (exact) mass is 274 g/mol. The average molecular weight is 274 g/mol. The number of H-pyrrole nitrogens is 1. The maximum atomic E-state index is 11.5. The lowest BCUT2D eigenvalue weighted by Gasteiger charge is -2.12. The highest BCUT2D eigenvalue weighted by atomic mass is 32.1. The summed E-state index contributed by atoms with van der Waals surface area (Å²) in [4.78, 5) is 14.3. The minimum Gasteiger partial charge on any atom is -0.358 e. The van der Waals surface area contributed by atoms with Crippen molar-refractivity contribution >= 4 is 33.9 Å². The molecule has 1 aromatic carbocycles. The first kappa shape index (κ1) is 13.1. The number of aromatic nitrogens is 1. The molecule has 0 unspecified atom stereocenters. The molecule has 0 radical (unpaired) electrons. The number of rotatable bonds is 4. The van der Waals surface area contributed by atoms with E-state index in [-0.39, 0.29) is 5.56 Å². The molecule has 98 valence electrons. The SMILES string of the molecule is C=CCNC(=S)NNc1cc(=O)[nH]c2ccccc12. The zero-order chi connectivity index (χ0) is 13.7. The molecular weight excluding hydrogens is 260 g/mol. The second kappa shape index (κ2) is 6.01. The van der Waals surface area contributed by atoms with Gasteiger partial charge in [0.1, 0.15) is 0 Å². The second-order valence-electron chi connectivity index (χ2n) is 3.84. The molecule has 0 spiro atoms. The van der Waals surface area contributed by atoms with Crippen LogP contribution < -0.4 is 21.7 Å². The van der Waals surface area contributed by atoms with E-state index in [9.17, 15) is 4.79 Å². The third-order valence-electron chi connectivity index (χ3n) is 2.47. The van der Waals surface area contributed by atoms with Gasteiger partial charge in [-0.1, -0.05) is 24.3 Å². The molecule has 1 heterocycles. The highest BCUT2D eigenvalue weighted by Gasteiger charge is 2.02. The summed E-state index contributed by atoms with van der Waals surface area (Å²) >= 11 is 5.06. The molecule has 1 aromatic heterocycles. The summed E-state index contributed by atoms with van der Waals surface area (Å²) in [5, 5.41) is 4.26. The Morgan fingerprint density at radius 1 is 1.42 bits per heavy atom. The summed E-state index contributed by atoms with van der Waals surface area (Å²) < 4.78 is 0. The summed E-state index contributed by atoms with van der Waals surface area (Å²) in [7, 11) is 0. The van der Waals surface area contributed by atoms with Crippen LogP contribution in [0, 0.1) is 0 Å². The van der Waals surface area contributed by atoms with Gasteiger partial charge < -0.3 is 10.3 Å². The lowest BCUT2D eigenvalue weighted by molar-refractivity contribution is 0.979. The first-order valence-electron chi connectivity index (χ1n) is 5.73. The van der Waals surface area contributed by atoms with Gasteiger partial charge in [0.05, 0.1) is 11.2 Å². The summed E-state index contributed by atoms with van der Waals surface area (Å²) in [6.45, 7) is 4.16. The van der Waals surface area contributed by atoms with Gasteiger partial charge in [0.25, 0.3) is 5.56 Å². The van der Waals surface area contributed by atoms with E-state index in [0.717, 1.165) is 10.9 Å². The van der Waals surface area contributed by atoms with Crippen LogP contribution in [-0.4, -0.2) is 16.6 Å². The number of aromatic amines is 1. The molecule has 0 fully saturated rings. The van der Waals surface area contributed by atoms with Crippen molar-refractivity contribution in [1.82, 2.24) is 15.7 Å². The fraction of sp³-hybridized carbons (Fsp3) is 0.0769. The van der Waals surface area contributed by atoms with E-state index in [4.69, 9.17) is 12.2 Å². The minimum atomic E-state index is -0.173. The number of fused-ring (bicyclic) bond motifs is 1. The molecule has 0 amide bonds. The second-order valence-corrected chi connectivity index (χ2v) is 4.25. The number of thiocarbonyl (C=S) groups is 1. The normalized spacial score (nSPS) is 9.89. The van der Waals surface area contributed by atoms with Crippen molar-refractivity contribution in [2.75, 3.05) is 12.0 Å². The van der Waals surface area contributed by atoms with E-state index < -0.39 is 0 Å². The Hall–Kier alpha value is -2.34. The predicted molar refractivity (Wildman–Crippen MR) is 82.1 cm³/mol. The largest absolute Gasteiger partial charge is 0.358 e. The first-order valence-corrected chi connectivity index (χ1v) is 6.14. The van der Waals surface area contributed by atoms with Crippen LogP contribution in [0.5, 0.6) is 0 Å². The summed E-state index contributed by atoms with van der Waals surface area (Å²) in [5.41, 5.74) is 7.02. The van der Waals surface area contributed by atoms with Crippen molar-refractivity contribution in [1.29, 1.82) is 0 Å². The molecule has 19 heavy (non-hydrogen) atoms. The van der Waals surface area contributed by atoms with Crippen molar-refractivity contribution in [3.05, 3.63) is 53.3 Å². The van der Waals surface area contributed by atoms with Crippen LogP contribution in [0.2, 0.25) is 0 Å². The van der Waals surface area contributed by atoms with Gasteiger partial charge in [0.15, 0.2) is 5.11 Å². The number of hydrogen-bond donors (Lipinski definition) is 4. The van der Waals surface area contributed by atoms with E-state index in [1.54, 1.807) is 6.08 Å². The number of nitrogens with one attached hydrogen (secondary N) is 4. The van der Waals surface area contributed by atoms with Gasteiger partial charge in [-0.3, -0.25) is 15.6 Å². The zero-order valence-corrected chi connectivity index (χ0v) is 11.0. The number of pyridine rings is 1. The minimum absolute atomic E-state index is 0.173. The van der Waals surface area contributed by atoms with Crippen LogP contribution in [0.25, 0.3) is 10.9 Å². The molecule has 2 aromatic rings. The van der Waals surface area contributed by atoms with E-state index >= 15 is 0 Å². The molecular formula is C13H14N4OS. The molecule has 4 N–H and O–H groups in total. The lowest BCUT2D eigenvalue weighted by Crippen LogP contribution is -2.39. The van der Waals surface area contributed by atoms with Crippen molar-refractivity contribution in [2.24, 2.45) is 0 Å². The summed E-state index contributed by atoms with van der Waals surface area (Å²) in [5.74, 6) is 0. The molecule has 0 aliphatic carbocycles. The van der Waals surface area contributed by atoms with Crippen LogP contribution in [0.15, 0.2) is 47.8 Å². The Morgan fingerprint density at radius 3 is 3.00 bits per heavy atom. The molecule has 0 saturated carbocycles. The number of benzene rings is 1. The van der Waals surface area contributed by atoms with Gasteiger partial charge in [-0.25, -0.2) is 0 Å². The fourth-order valence-corrected chi connectivity index (χ4v) is 1.78. The Morgan fingerprint density at radius 2 is 2.21 bits per heavy atom. The van der Waals surface area contributed by atoms with E-state index in [0.29, 0.717) is 17.3 Å². The Bertz CT molecular complexity index is 665. The molecule has 2 rings (SSSR count). The summed E-state index contributed by atoms with van der Waals surface area (Å²) in [6.07, 6.45) is 1.70. The van der Waals surface area contributed by atoms with Crippen molar-refractivity contribution in [3.8, 4) is 0 Å². The highest BCUT2D eigenvalue weighted by Crippen LogP contribution is 2.18. The Balaban J connectivity index is 2.18. The number of hydrogen-bond acceptors (Lipinski definition) is 3. The molecule has 0 aliphatic heterocycles. The van der Waals surface area contributed by atoms with Gasteiger partial charge in [-0.15, -0.1) is 6.58 Å². The van der Waals surface area contributed by atoms with E-state index in [2.05, 4.69) is 27.7 Å². The maximum absolute atomic E-state index is 11.5. The number of anilines is 1. The molecule has 0 atom stereocenters. The van der Waals surface area contributed by atoms with E-state index in [1.807, 2.05) is 24.3 Å². The van der Waals surface area contributed by atoms with Gasteiger partial charge in [0, 0.05) is 18.0 Å². The molecule has 0 bridgehead atoms. The Labute approximate surface area is 115 Å². The van der Waals surface area contributed by atoms with Gasteiger partial charge >= 0.3 is 0 Å². The van der Waals surface area contributed by atoms with Crippen molar-refractivity contribution in [2.45, 2.75) is 0 Å². The van der Waals surface area contributed by atoms with Crippen LogP contribution in [0.1, 0.15) is 0 Å².